The predicted octanol–water partition coefficient (Wildman–Crippen LogP) is 5.21. The van der Waals surface area contributed by atoms with E-state index >= 15 is 0 Å². The lowest BCUT2D eigenvalue weighted by molar-refractivity contribution is -0.118. The van der Waals surface area contributed by atoms with Crippen LogP contribution in [0.5, 0.6) is 0 Å². The number of thiophene rings is 1. The predicted molar refractivity (Wildman–Crippen MR) is 109 cm³/mol. The van der Waals surface area contributed by atoms with Gasteiger partial charge >= 0.3 is 0 Å². The van der Waals surface area contributed by atoms with Gasteiger partial charge in [-0.05, 0) is 56.2 Å². The van der Waals surface area contributed by atoms with Gasteiger partial charge in [-0.3, -0.25) is 4.79 Å². The van der Waals surface area contributed by atoms with Crippen LogP contribution in [0, 0.1) is 20.8 Å². The maximum atomic E-state index is 12.1. The fourth-order valence-corrected chi connectivity index (χ4v) is 4.70. The molecule has 0 aliphatic carbocycles. The van der Waals surface area contributed by atoms with Crippen molar-refractivity contribution in [3.8, 4) is 10.6 Å². The summed E-state index contributed by atoms with van der Waals surface area (Å²) in [5.41, 5.74) is 3.56. The van der Waals surface area contributed by atoms with E-state index in [0.29, 0.717) is 12.3 Å². The summed E-state index contributed by atoms with van der Waals surface area (Å²) < 4.78 is 0. The highest BCUT2D eigenvalue weighted by Crippen LogP contribution is 2.29. The zero-order chi connectivity index (χ0) is 17.8. The van der Waals surface area contributed by atoms with Crippen LogP contribution < -0.4 is 5.32 Å². The van der Waals surface area contributed by atoms with Gasteiger partial charge in [0.2, 0.25) is 5.91 Å². The van der Waals surface area contributed by atoms with Crippen LogP contribution in [0.1, 0.15) is 21.0 Å². The van der Waals surface area contributed by atoms with Gasteiger partial charge in [0.25, 0.3) is 0 Å². The first-order chi connectivity index (χ1) is 12.0. The van der Waals surface area contributed by atoms with E-state index in [9.17, 15) is 4.79 Å². The van der Waals surface area contributed by atoms with Crippen molar-refractivity contribution in [1.82, 2.24) is 10.3 Å². The van der Waals surface area contributed by atoms with E-state index in [-0.39, 0.29) is 5.91 Å². The van der Waals surface area contributed by atoms with Crippen LogP contribution >= 0.6 is 34.4 Å². The minimum atomic E-state index is 0.0580. The third-order valence-corrected chi connectivity index (χ3v) is 6.72. The van der Waals surface area contributed by atoms with Gasteiger partial charge in [0.05, 0.1) is 27.9 Å². The first kappa shape index (κ1) is 18.2. The van der Waals surface area contributed by atoms with Gasteiger partial charge in [0.1, 0.15) is 0 Å². The molecule has 3 nitrogen and oxygen atoms in total. The Morgan fingerprint density at radius 2 is 2.00 bits per heavy atom. The third-order valence-electron chi connectivity index (χ3n) is 3.84. The Kier molecular flexibility index (Phi) is 5.93. The summed E-state index contributed by atoms with van der Waals surface area (Å²) in [5.74, 6) is 0.495. The van der Waals surface area contributed by atoms with Crippen LogP contribution in [0.3, 0.4) is 0 Å². The Morgan fingerprint density at radius 3 is 2.72 bits per heavy atom. The van der Waals surface area contributed by atoms with E-state index in [1.807, 2.05) is 6.92 Å². The molecule has 0 aliphatic heterocycles. The van der Waals surface area contributed by atoms with Crippen LogP contribution in [0.15, 0.2) is 40.6 Å². The molecule has 130 valence electrons. The summed E-state index contributed by atoms with van der Waals surface area (Å²) in [4.78, 5) is 20.0. The van der Waals surface area contributed by atoms with Crippen molar-refractivity contribution >= 4 is 40.3 Å². The Labute approximate surface area is 160 Å². The van der Waals surface area contributed by atoms with Crippen LogP contribution in [0.2, 0.25) is 0 Å². The van der Waals surface area contributed by atoms with E-state index in [1.165, 1.54) is 11.1 Å². The second-order valence-electron chi connectivity index (χ2n) is 5.83. The number of benzene rings is 1. The van der Waals surface area contributed by atoms with Crippen LogP contribution in [-0.4, -0.2) is 16.6 Å². The Hall–Kier alpha value is -1.63. The van der Waals surface area contributed by atoms with E-state index in [0.717, 1.165) is 25.4 Å². The summed E-state index contributed by atoms with van der Waals surface area (Å²) in [7, 11) is 0. The molecule has 0 radical (unpaired) electrons. The molecule has 3 aromatic rings. The number of aromatic nitrogens is 1. The lowest BCUT2D eigenvalue weighted by Gasteiger charge is -2.06. The molecule has 0 bridgehead atoms. The Balaban J connectivity index is 1.49. The second-order valence-corrected chi connectivity index (χ2v) is 9.11. The van der Waals surface area contributed by atoms with Crippen molar-refractivity contribution in [3.05, 3.63) is 56.7 Å². The van der Waals surface area contributed by atoms with Crippen molar-refractivity contribution in [2.75, 3.05) is 5.75 Å². The molecule has 0 saturated heterocycles. The number of carbonyl (C=O) groups excluding carboxylic acids is 1. The van der Waals surface area contributed by atoms with E-state index in [2.05, 4.69) is 59.9 Å². The number of carbonyl (C=O) groups is 1. The van der Waals surface area contributed by atoms with Gasteiger partial charge in [0.15, 0.2) is 0 Å². The highest BCUT2D eigenvalue weighted by molar-refractivity contribution is 8.00. The molecular formula is C19H20N2OS3. The zero-order valence-corrected chi connectivity index (χ0v) is 16.9. The molecule has 0 saturated carbocycles. The minimum Gasteiger partial charge on any atom is -0.350 e. The number of hydrogen-bond donors (Lipinski definition) is 1. The topological polar surface area (TPSA) is 42.0 Å². The van der Waals surface area contributed by atoms with Crippen LogP contribution in [0.25, 0.3) is 10.6 Å². The molecule has 1 N–H and O–H groups in total. The second kappa shape index (κ2) is 8.17. The summed E-state index contributed by atoms with van der Waals surface area (Å²) >= 11 is 4.91. The van der Waals surface area contributed by atoms with Crippen molar-refractivity contribution in [3.63, 3.8) is 0 Å². The van der Waals surface area contributed by atoms with Crippen molar-refractivity contribution < 1.29 is 4.79 Å². The molecule has 6 heteroatoms. The van der Waals surface area contributed by atoms with E-state index < -0.39 is 0 Å². The maximum absolute atomic E-state index is 12.1. The molecule has 0 unspecified atom stereocenters. The van der Waals surface area contributed by atoms with Crippen LogP contribution in [0.4, 0.5) is 0 Å². The third kappa shape index (κ3) is 4.93. The smallest absolute Gasteiger partial charge is 0.230 e. The summed E-state index contributed by atoms with van der Waals surface area (Å²) in [6.45, 7) is 6.77. The van der Waals surface area contributed by atoms with Crippen molar-refractivity contribution in [2.24, 2.45) is 0 Å². The number of nitrogens with one attached hydrogen (secondary N) is 1. The molecular weight excluding hydrogens is 368 g/mol. The fraction of sp³-hybridized carbons (Fsp3) is 0.263. The molecule has 0 fully saturated rings. The number of amides is 1. The quantitative estimate of drug-likeness (QED) is 0.590. The minimum absolute atomic E-state index is 0.0580. The van der Waals surface area contributed by atoms with E-state index in [1.54, 1.807) is 34.4 Å². The Bertz CT molecular complexity index is 882. The largest absolute Gasteiger partial charge is 0.350 e. The summed E-state index contributed by atoms with van der Waals surface area (Å²) in [6, 6.07) is 10.4. The summed E-state index contributed by atoms with van der Waals surface area (Å²) in [6.07, 6.45) is 0. The zero-order valence-electron chi connectivity index (χ0n) is 14.5. The molecule has 2 aromatic heterocycles. The number of hydrogen-bond acceptors (Lipinski definition) is 5. The average molecular weight is 389 g/mol. The van der Waals surface area contributed by atoms with Gasteiger partial charge in [-0.1, -0.05) is 6.07 Å². The number of thioether (sulfide) groups is 1. The molecule has 0 aliphatic rings. The normalized spacial score (nSPS) is 10.8. The fourth-order valence-electron chi connectivity index (χ4n) is 2.28. The van der Waals surface area contributed by atoms with Gasteiger partial charge < -0.3 is 5.32 Å². The van der Waals surface area contributed by atoms with Gasteiger partial charge in [-0.15, -0.1) is 34.4 Å². The highest BCUT2D eigenvalue weighted by Gasteiger charge is 2.08. The molecule has 0 atom stereocenters. The number of aryl methyl sites for hydroxylation is 3. The molecule has 1 aromatic carbocycles. The molecule has 25 heavy (non-hydrogen) atoms. The van der Waals surface area contributed by atoms with Crippen molar-refractivity contribution in [1.29, 1.82) is 0 Å². The summed E-state index contributed by atoms with van der Waals surface area (Å²) in [5, 5.41) is 6.14. The number of rotatable bonds is 6. The van der Waals surface area contributed by atoms with Gasteiger partial charge in [-0.2, -0.15) is 0 Å². The van der Waals surface area contributed by atoms with Crippen LogP contribution in [-0.2, 0) is 11.3 Å². The first-order valence-corrected chi connectivity index (χ1v) is 10.7. The average Bonchev–Trinajstić information content (AvgIpc) is 3.23. The lowest BCUT2D eigenvalue weighted by atomic mass is 10.1. The monoisotopic (exact) mass is 388 g/mol. The molecule has 3 rings (SSSR count). The lowest BCUT2D eigenvalue weighted by Crippen LogP contribution is -2.24. The number of thiazole rings is 1. The maximum Gasteiger partial charge on any atom is 0.230 e. The Morgan fingerprint density at radius 1 is 1.16 bits per heavy atom. The van der Waals surface area contributed by atoms with Crippen molar-refractivity contribution in [2.45, 2.75) is 32.2 Å². The highest BCUT2D eigenvalue weighted by atomic mass is 32.2. The number of nitrogens with zero attached hydrogens (tertiary/aromatic N) is 1. The standard InChI is InChI=1S/C19H20N2OS3/c1-12-4-5-15(8-13(12)2)24-11-19(22)20-9-16-6-7-18(25-16)17-10-23-14(3)21-17/h4-8,10H,9,11H2,1-3H3,(H,20,22). The first-order valence-electron chi connectivity index (χ1n) is 7.99. The van der Waals surface area contributed by atoms with Gasteiger partial charge in [0, 0.05) is 15.2 Å². The van der Waals surface area contributed by atoms with Gasteiger partial charge in [-0.25, -0.2) is 4.98 Å². The molecule has 0 spiro atoms. The molecule has 1 amide bonds. The SMILES string of the molecule is Cc1nc(-c2ccc(CNC(=O)CSc3ccc(C)c(C)c3)s2)cs1. The molecule has 2 heterocycles. The van der Waals surface area contributed by atoms with E-state index in [4.69, 9.17) is 0 Å².